The summed E-state index contributed by atoms with van der Waals surface area (Å²) in [5.41, 5.74) is 1.02. The van der Waals surface area contributed by atoms with Gasteiger partial charge >= 0.3 is 0 Å². The highest BCUT2D eigenvalue weighted by Crippen LogP contribution is 2.22. The lowest BCUT2D eigenvalue weighted by atomic mass is 10.2. The van der Waals surface area contributed by atoms with E-state index >= 15 is 0 Å². The number of rotatable bonds is 2. The third kappa shape index (κ3) is 2.81. The Balaban J connectivity index is 2.24. The van der Waals surface area contributed by atoms with Crippen LogP contribution in [-0.4, -0.2) is 15.9 Å². The molecule has 1 amide bonds. The fourth-order valence-corrected chi connectivity index (χ4v) is 1.78. The van der Waals surface area contributed by atoms with Gasteiger partial charge in [0.25, 0.3) is 5.91 Å². The Bertz CT molecular complexity index is 562. The average molecular weight is 313 g/mol. The molecule has 4 nitrogen and oxygen atoms in total. The van der Waals surface area contributed by atoms with Crippen LogP contribution in [0.15, 0.2) is 41.4 Å². The minimum absolute atomic E-state index is 0.288. The first-order chi connectivity index (χ1) is 8.18. The van der Waals surface area contributed by atoms with Gasteiger partial charge in [-0.2, -0.15) is 0 Å². The Labute approximate surface area is 111 Å². The lowest BCUT2D eigenvalue weighted by Crippen LogP contribution is -2.13. The van der Waals surface area contributed by atoms with Crippen molar-refractivity contribution in [2.24, 2.45) is 0 Å². The molecule has 6 heteroatoms. The molecule has 0 aliphatic rings. The van der Waals surface area contributed by atoms with Gasteiger partial charge in [-0.1, -0.05) is 11.6 Å². The zero-order valence-corrected chi connectivity index (χ0v) is 10.9. The first-order valence-corrected chi connectivity index (χ1v) is 5.86. The molecule has 86 valence electrons. The maximum Gasteiger partial charge on any atom is 0.257 e. The molecule has 0 radical (unpaired) electrons. The van der Waals surface area contributed by atoms with E-state index in [1.807, 2.05) is 0 Å². The van der Waals surface area contributed by atoms with Gasteiger partial charge in [-0.3, -0.25) is 14.8 Å². The van der Waals surface area contributed by atoms with Crippen LogP contribution >= 0.6 is 27.5 Å². The van der Waals surface area contributed by atoms with Crippen LogP contribution in [0.1, 0.15) is 10.4 Å². The van der Waals surface area contributed by atoms with Crippen molar-refractivity contribution in [1.29, 1.82) is 0 Å². The molecule has 2 aromatic rings. The number of pyridine rings is 2. The molecule has 0 saturated carbocycles. The monoisotopic (exact) mass is 311 g/mol. The second-order valence-electron chi connectivity index (χ2n) is 3.17. The van der Waals surface area contributed by atoms with Gasteiger partial charge in [0.05, 0.1) is 20.7 Å². The minimum atomic E-state index is -0.288. The van der Waals surface area contributed by atoms with Crippen LogP contribution in [0, 0.1) is 0 Å². The number of aromatic nitrogens is 2. The first kappa shape index (κ1) is 12.0. The number of hydrogen-bond acceptors (Lipinski definition) is 3. The SMILES string of the molecule is O=C(Nc1ccncc1Br)c1ccncc1Cl. The molecule has 0 saturated heterocycles. The normalized spacial score (nSPS) is 10.0. The molecular formula is C11H7BrClN3O. The smallest absolute Gasteiger partial charge is 0.257 e. The van der Waals surface area contributed by atoms with Crippen molar-refractivity contribution in [1.82, 2.24) is 9.97 Å². The van der Waals surface area contributed by atoms with E-state index in [0.29, 0.717) is 20.7 Å². The average Bonchev–Trinajstić information content (AvgIpc) is 2.32. The summed E-state index contributed by atoms with van der Waals surface area (Å²) in [5, 5.41) is 3.04. The van der Waals surface area contributed by atoms with E-state index in [0.717, 1.165) is 0 Å². The molecule has 0 spiro atoms. The molecule has 0 bridgehead atoms. The Morgan fingerprint density at radius 2 is 1.94 bits per heavy atom. The van der Waals surface area contributed by atoms with Crippen molar-refractivity contribution < 1.29 is 4.79 Å². The molecular weight excluding hydrogens is 305 g/mol. The molecule has 0 aromatic carbocycles. The highest BCUT2D eigenvalue weighted by molar-refractivity contribution is 9.10. The van der Waals surface area contributed by atoms with Crippen LogP contribution in [0.25, 0.3) is 0 Å². The van der Waals surface area contributed by atoms with Crippen LogP contribution in [0.5, 0.6) is 0 Å². The number of hydrogen-bond donors (Lipinski definition) is 1. The zero-order valence-electron chi connectivity index (χ0n) is 8.52. The Hall–Kier alpha value is -1.46. The van der Waals surface area contributed by atoms with Crippen LogP contribution < -0.4 is 5.32 Å². The number of carbonyl (C=O) groups excluding carboxylic acids is 1. The van der Waals surface area contributed by atoms with Crippen molar-refractivity contribution in [3.8, 4) is 0 Å². The molecule has 2 rings (SSSR count). The quantitative estimate of drug-likeness (QED) is 0.927. The van der Waals surface area contributed by atoms with Gasteiger partial charge in [0.15, 0.2) is 0 Å². The van der Waals surface area contributed by atoms with Crippen molar-refractivity contribution in [2.45, 2.75) is 0 Å². The van der Waals surface area contributed by atoms with E-state index in [1.54, 1.807) is 24.5 Å². The van der Waals surface area contributed by atoms with Gasteiger partial charge in [-0.25, -0.2) is 0 Å². The van der Waals surface area contributed by atoms with Crippen LogP contribution in [-0.2, 0) is 0 Å². The molecule has 0 atom stereocenters. The Kier molecular flexibility index (Phi) is 3.71. The van der Waals surface area contributed by atoms with Gasteiger partial charge in [0.2, 0.25) is 0 Å². The topological polar surface area (TPSA) is 54.9 Å². The zero-order chi connectivity index (χ0) is 12.3. The summed E-state index contributed by atoms with van der Waals surface area (Å²) in [6.45, 7) is 0. The van der Waals surface area contributed by atoms with E-state index in [4.69, 9.17) is 11.6 Å². The fraction of sp³-hybridized carbons (Fsp3) is 0. The predicted molar refractivity (Wildman–Crippen MR) is 69.1 cm³/mol. The van der Waals surface area contributed by atoms with Gasteiger partial charge in [-0.05, 0) is 28.1 Å². The summed E-state index contributed by atoms with van der Waals surface area (Å²) in [7, 11) is 0. The highest BCUT2D eigenvalue weighted by Gasteiger charge is 2.11. The van der Waals surface area contributed by atoms with Crippen molar-refractivity contribution in [3.63, 3.8) is 0 Å². The molecule has 0 aliphatic heterocycles. The number of nitrogens with zero attached hydrogens (tertiary/aromatic N) is 2. The molecule has 2 heterocycles. The highest BCUT2D eigenvalue weighted by atomic mass is 79.9. The Morgan fingerprint density at radius 1 is 1.24 bits per heavy atom. The molecule has 1 N–H and O–H groups in total. The number of nitrogens with one attached hydrogen (secondary N) is 1. The Morgan fingerprint density at radius 3 is 2.65 bits per heavy atom. The van der Waals surface area contributed by atoms with E-state index in [9.17, 15) is 4.79 Å². The van der Waals surface area contributed by atoms with Gasteiger partial charge in [-0.15, -0.1) is 0 Å². The van der Waals surface area contributed by atoms with Crippen LogP contribution in [0.2, 0.25) is 5.02 Å². The minimum Gasteiger partial charge on any atom is -0.321 e. The molecule has 17 heavy (non-hydrogen) atoms. The molecule has 2 aromatic heterocycles. The van der Waals surface area contributed by atoms with Crippen LogP contribution in [0.3, 0.4) is 0 Å². The maximum atomic E-state index is 11.9. The third-order valence-electron chi connectivity index (χ3n) is 2.04. The number of amides is 1. The number of anilines is 1. The summed E-state index contributed by atoms with van der Waals surface area (Å²) < 4.78 is 0.707. The summed E-state index contributed by atoms with van der Waals surface area (Å²) in [5.74, 6) is -0.288. The molecule has 0 aliphatic carbocycles. The van der Waals surface area contributed by atoms with Crippen LogP contribution in [0.4, 0.5) is 5.69 Å². The number of halogens is 2. The van der Waals surface area contributed by atoms with Crippen molar-refractivity contribution >= 4 is 39.1 Å². The molecule has 0 fully saturated rings. The van der Waals surface area contributed by atoms with E-state index in [-0.39, 0.29) is 5.91 Å². The number of carbonyl (C=O) groups is 1. The van der Waals surface area contributed by atoms with Gasteiger partial charge < -0.3 is 5.32 Å². The third-order valence-corrected chi connectivity index (χ3v) is 2.97. The predicted octanol–water partition coefficient (Wildman–Crippen LogP) is 3.14. The second kappa shape index (κ2) is 5.25. The van der Waals surface area contributed by atoms with Gasteiger partial charge in [0.1, 0.15) is 0 Å². The van der Waals surface area contributed by atoms with E-state index in [1.165, 1.54) is 12.4 Å². The summed E-state index contributed by atoms with van der Waals surface area (Å²) in [6, 6.07) is 3.25. The summed E-state index contributed by atoms with van der Waals surface area (Å²) in [6.07, 6.45) is 6.14. The first-order valence-electron chi connectivity index (χ1n) is 4.69. The molecule has 0 unspecified atom stereocenters. The van der Waals surface area contributed by atoms with E-state index < -0.39 is 0 Å². The lowest BCUT2D eigenvalue weighted by Gasteiger charge is -2.07. The largest absolute Gasteiger partial charge is 0.321 e. The maximum absolute atomic E-state index is 11.9. The fourth-order valence-electron chi connectivity index (χ4n) is 1.23. The summed E-state index contributed by atoms with van der Waals surface area (Å²) in [4.78, 5) is 19.7. The summed E-state index contributed by atoms with van der Waals surface area (Å²) >= 11 is 9.17. The van der Waals surface area contributed by atoms with Gasteiger partial charge in [0, 0.05) is 24.8 Å². The lowest BCUT2D eigenvalue weighted by molar-refractivity contribution is 0.102. The van der Waals surface area contributed by atoms with Crippen molar-refractivity contribution in [3.05, 3.63) is 52.0 Å². The standard InChI is InChI=1S/C11H7BrClN3O/c12-8-5-14-4-2-10(8)16-11(17)7-1-3-15-6-9(7)13/h1-6H,(H,14,16,17). The van der Waals surface area contributed by atoms with Crippen molar-refractivity contribution in [2.75, 3.05) is 5.32 Å². The second-order valence-corrected chi connectivity index (χ2v) is 4.43. The van der Waals surface area contributed by atoms with E-state index in [2.05, 4.69) is 31.2 Å².